The Labute approximate surface area is 297 Å². The summed E-state index contributed by atoms with van der Waals surface area (Å²) in [6.07, 6.45) is 8.35. The third kappa shape index (κ3) is 5.58. The van der Waals surface area contributed by atoms with Crippen LogP contribution in [0.25, 0.3) is 86.7 Å². The summed E-state index contributed by atoms with van der Waals surface area (Å²) in [4.78, 5) is 10.6. The van der Waals surface area contributed by atoms with Crippen LogP contribution in [-0.2, 0) is 0 Å². The molecular weight excluding hydrogens is 706 g/mol. The summed E-state index contributed by atoms with van der Waals surface area (Å²) in [6.45, 7) is 0. The fraction of sp³-hybridized carbons (Fsp3) is 0. The second kappa shape index (κ2) is 12.7. The molecule has 238 valence electrons. The van der Waals surface area contributed by atoms with Crippen LogP contribution in [0.3, 0.4) is 0 Å². The number of fused-ring (bicyclic) bond motifs is 8. The van der Waals surface area contributed by atoms with Crippen LogP contribution in [0.2, 0.25) is 0 Å². The molecule has 0 N–H and O–H groups in total. The number of hydrogen-bond donors (Lipinski definition) is 0. The third-order valence-electron chi connectivity index (χ3n) is 8.89. The third-order valence-corrected chi connectivity index (χ3v) is 12.4. The molecule has 0 saturated carbocycles. The summed E-state index contributed by atoms with van der Waals surface area (Å²) in [5.41, 5.74) is 11.4. The number of halogens is 2. The summed E-state index contributed by atoms with van der Waals surface area (Å²) < 4.78 is 32.9. The molecule has 2 aliphatic rings. The van der Waals surface area contributed by atoms with Gasteiger partial charge < -0.3 is 0 Å². The van der Waals surface area contributed by atoms with Gasteiger partial charge in [-0.1, -0.05) is 0 Å². The van der Waals surface area contributed by atoms with E-state index in [1.807, 2.05) is 36.4 Å². The van der Waals surface area contributed by atoms with E-state index in [1.165, 1.54) is 24.3 Å². The average Bonchev–Trinajstić information content (AvgIpc) is 3.98. The van der Waals surface area contributed by atoms with Crippen molar-refractivity contribution in [2.75, 3.05) is 0 Å². The molecule has 50 heavy (non-hydrogen) atoms. The van der Waals surface area contributed by atoms with E-state index in [1.54, 1.807) is 11.3 Å². The molecular formula is C44H26F2N2SSe. The standard InChI is InChI=1S/C44H26F2N2SSe/c45-31-15-11-29(12-16-31)43-35-21-19-33(47-35)41(27-7-3-1-4-8-27)37-23-24-38(49-37)42(28-9-5-2-6-10-28)34-20-22-36(48-34)44(40-26-25-39(43)50-40)30-13-17-32(46)18-14-30/h1-26H. The van der Waals surface area contributed by atoms with Crippen LogP contribution in [0.4, 0.5) is 8.78 Å². The van der Waals surface area contributed by atoms with Gasteiger partial charge in [0, 0.05) is 0 Å². The zero-order chi connectivity index (χ0) is 33.6. The van der Waals surface area contributed by atoms with Gasteiger partial charge in [-0.2, -0.15) is 0 Å². The Bertz CT molecular complexity index is 2460. The second-order valence-corrected chi connectivity index (χ2v) is 15.4. The predicted octanol–water partition coefficient (Wildman–Crippen LogP) is 12.1. The van der Waals surface area contributed by atoms with E-state index in [4.69, 9.17) is 9.97 Å². The molecule has 7 aromatic rings. The molecule has 0 amide bonds. The first-order valence-electron chi connectivity index (χ1n) is 16.2. The van der Waals surface area contributed by atoms with Crippen molar-refractivity contribution in [2.24, 2.45) is 0 Å². The number of thiophene rings is 1. The molecule has 0 spiro atoms. The monoisotopic (exact) mass is 732 g/mol. The van der Waals surface area contributed by atoms with Crippen molar-refractivity contribution in [3.05, 3.63) is 168 Å². The first-order chi connectivity index (χ1) is 24.6. The Hall–Kier alpha value is -5.52. The van der Waals surface area contributed by atoms with Gasteiger partial charge in [0.2, 0.25) is 0 Å². The fourth-order valence-corrected chi connectivity index (χ4v) is 10.2. The molecule has 2 aliphatic heterocycles. The number of benzene rings is 4. The van der Waals surface area contributed by atoms with Gasteiger partial charge in [-0.15, -0.1) is 0 Å². The van der Waals surface area contributed by atoms with Crippen molar-refractivity contribution < 1.29 is 8.78 Å². The zero-order valence-corrected chi connectivity index (χ0v) is 29.0. The SMILES string of the molecule is Fc1ccc(-c2c3nc(c(-c4ccccc4)c4ccc(s4)c(-c4ccccc4)c4nc(c(-c5ccc(F)cc5)c5ccc2[se]5)C=C4)C=C3)cc1. The summed E-state index contributed by atoms with van der Waals surface area (Å²) in [6, 6.07) is 42.8. The van der Waals surface area contributed by atoms with Gasteiger partial charge in [0.15, 0.2) is 0 Å². The fourth-order valence-electron chi connectivity index (χ4n) is 6.60. The van der Waals surface area contributed by atoms with Crippen molar-refractivity contribution in [3.63, 3.8) is 0 Å². The number of rotatable bonds is 4. The molecule has 0 atom stereocenters. The molecule has 0 unspecified atom stereocenters. The first kappa shape index (κ1) is 30.5. The van der Waals surface area contributed by atoms with Crippen LogP contribution >= 0.6 is 11.3 Å². The second-order valence-electron chi connectivity index (χ2n) is 12.0. The normalized spacial score (nSPS) is 12.0. The van der Waals surface area contributed by atoms with E-state index in [0.29, 0.717) is 0 Å². The van der Waals surface area contributed by atoms with Gasteiger partial charge in [-0.05, 0) is 0 Å². The minimum atomic E-state index is -0.284. The molecule has 4 aromatic carbocycles. The molecule has 8 bridgehead atoms. The topological polar surface area (TPSA) is 25.8 Å². The molecule has 2 nitrogen and oxygen atoms in total. The Kier molecular flexibility index (Phi) is 7.78. The van der Waals surface area contributed by atoms with Gasteiger partial charge in [-0.3, -0.25) is 0 Å². The summed E-state index contributed by atoms with van der Waals surface area (Å²) in [5.74, 6) is -0.568. The van der Waals surface area contributed by atoms with Gasteiger partial charge >= 0.3 is 299 Å². The Morgan fingerprint density at radius 1 is 0.380 bits per heavy atom. The molecule has 0 saturated heterocycles. The molecule has 0 fully saturated rings. The van der Waals surface area contributed by atoms with E-state index >= 15 is 0 Å². The maximum absolute atomic E-state index is 14.2. The van der Waals surface area contributed by atoms with Gasteiger partial charge in [0.1, 0.15) is 0 Å². The first-order valence-corrected chi connectivity index (χ1v) is 18.7. The van der Waals surface area contributed by atoms with Crippen molar-refractivity contribution in [3.8, 4) is 44.5 Å². The molecule has 5 heterocycles. The van der Waals surface area contributed by atoms with Crippen molar-refractivity contribution in [1.29, 1.82) is 0 Å². The number of hydrogen-bond acceptors (Lipinski definition) is 3. The van der Waals surface area contributed by atoms with E-state index in [-0.39, 0.29) is 26.1 Å². The van der Waals surface area contributed by atoms with Crippen molar-refractivity contribution in [1.82, 2.24) is 9.97 Å². The summed E-state index contributed by atoms with van der Waals surface area (Å²) in [7, 11) is 0. The van der Waals surface area contributed by atoms with Crippen LogP contribution in [-0.4, -0.2) is 24.5 Å². The Morgan fingerprint density at radius 3 is 1.14 bits per heavy atom. The molecule has 3 aromatic heterocycles. The van der Waals surface area contributed by atoms with Crippen molar-refractivity contribution in [2.45, 2.75) is 0 Å². The predicted molar refractivity (Wildman–Crippen MR) is 207 cm³/mol. The summed E-state index contributed by atoms with van der Waals surface area (Å²) in [5, 5.41) is 0. The Morgan fingerprint density at radius 2 is 0.740 bits per heavy atom. The molecule has 9 rings (SSSR count). The van der Waals surface area contributed by atoms with Crippen LogP contribution in [0.15, 0.2) is 133 Å². The Balaban J connectivity index is 1.48. The van der Waals surface area contributed by atoms with Crippen LogP contribution in [0.1, 0.15) is 22.8 Å². The summed E-state index contributed by atoms with van der Waals surface area (Å²) >= 11 is 1.56. The van der Waals surface area contributed by atoms with E-state index in [0.717, 1.165) is 85.2 Å². The van der Waals surface area contributed by atoms with Gasteiger partial charge in [-0.25, -0.2) is 0 Å². The van der Waals surface area contributed by atoms with E-state index < -0.39 is 0 Å². The van der Waals surface area contributed by atoms with E-state index in [2.05, 4.69) is 97.1 Å². The van der Waals surface area contributed by atoms with Crippen LogP contribution < -0.4 is 0 Å². The van der Waals surface area contributed by atoms with Crippen LogP contribution in [0.5, 0.6) is 0 Å². The van der Waals surface area contributed by atoms with Crippen LogP contribution in [0, 0.1) is 11.6 Å². The van der Waals surface area contributed by atoms with Crippen molar-refractivity contribution >= 4 is 68.1 Å². The zero-order valence-electron chi connectivity index (χ0n) is 26.5. The van der Waals surface area contributed by atoms with Gasteiger partial charge in [0.05, 0.1) is 0 Å². The van der Waals surface area contributed by atoms with Gasteiger partial charge in [0.25, 0.3) is 0 Å². The minimum absolute atomic E-state index is 0.166. The van der Waals surface area contributed by atoms with E-state index in [9.17, 15) is 8.78 Å². The molecule has 0 aliphatic carbocycles. The number of aromatic nitrogens is 2. The quantitative estimate of drug-likeness (QED) is 0.168. The number of nitrogens with zero attached hydrogens (tertiary/aromatic N) is 2. The molecule has 6 heteroatoms. The average molecular weight is 732 g/mol. The maximum atomic E-state index is 14.2. The molecule has 0 radical (unpaired) electrons.